The molecule has 0 amide bonds. The summed E-state index contributed by atoms with van der Waals surface area (Å²) in [5, 5.41) is 0. The van der Waals surface area contributed by atoms with Crippen LogP contribution < -0.4 is 0 Å². The van der Waals surface area contributed by atoms with Crippen molar-refractivity contribution in [3.63, 3.8) is 0 Å². The number of unbranched alkanes of at least 4 members (excludes halogenated alkanes) is 15. The molecule has 0 rings (SSSR count). The molecule has 3 nitrogen and oxygen atoms in total. The first-order valence-electron chi connectivity index (χ1n) is 13.0. The van der Waals surface area contributed by atoms with Crippen LogP contribution >= 0.6 is 0 Å². The van der Waals surface area contributed by atoms with Crippen LogP contribution in [0.25, 0.3) is 0 Å². The quantitative estimate of drug-likeness (QED) is 0.126. The van der Waals surface area contributed by atoms with E-state index < -0.39 is 0 Å². The molecular weight excluding hydrogens is 358 g/mol. The van der Waals surface area contributed by atoms with Crippen LogP contribution in [0.4, 0.5) is 0 Å². The van der Waals surface area contributed by atoms with E-state index in [9.17, 15) is 4.79 Å². The summed E-state index contributed by atoms with van der Waals surface area (Å²) in [5.74, 6) is 0.00823. The molecule has 0 aliphatic heterocycles. The van der Waals surface area contributed by atoms with Crippen LogP contribution in [0.15, 0.2) is 0 Å². The van der Waals surface area contributed by atoms with Crippen molar-refractivity contribution < 1.29 is 9.53 Å². The Labute approximate surface area is 183 Å². The highest BCUT2D eigenvalue weighted by atomic mass is 16.5. The summed E-state index contributed by atoms with van der Waals surface area (Å²) in [5.41, 5.74) is 0. The minimum atomic E-state index is 0.00823. The first-order valence-corrected chi connectivity index (χ1v) is 13.0. The number of hydrogen-bond donors (Lipinski definition) is 0. The van der Waals surface area contributed by atoms with Gasteiger partial charge in [-0.2, -0.15) is 0 Å². The Kier molecular flexibility index (Phi) is 23.2. The number of hydrogen-bond acceptors (Lipinski definition) is 3. The van der Waals surface area contributed by atoms with Crippen LogP contribution in [-0.2, 0) is 9.53 Å². The van der Waals surface area contributed by atoms with Gasteiger partial charge in [0.25, 0.3) is 0 Å². The Bertz CT molecular complexity index is 333. The number of carbonyl (C=O) groups is 1. The molecule has 0 saturated carbocycles. The lowest BCUT2D eigenvalue weighted by molar-refractivity contribution is -0.143. The summed E-state index contributed by atoms with van der Waals surface area (Å²) < 4.78 is 5.31. The summed E-state index contributed by atoms with van der Waals surface area (Å²) in [6.07, 6.45) is 23.7. The van der Waals surface area contributed by atoms with Gasteiger partial charge in [-0.1, -0.05) is 104 Å². The molecule has 0 aromatic carbocycles. The zero-order chi connectivity index (χ0) is 21.4. The van der Waals surface area contributed by atoms with E-state index in [1.165, 1.54) is 116 Å². The third-order valence-corrected chi connectivity index (χ3v) is 5.83. The first kappa shape index (κ1) is 28.4. The topological polar surface area (TPSA) is 29.5 Å². The highest BCUT2D eigenvalue weighted by molar-refractivity contribution is 5.69. The van der Waals surface area contributed by atoms with Gasteiger partial charge in [-0.05, 0) is 45.8 Å². The Balaban J connectivity index is 3.23. The van der Waals surface area contributed by atoms with Gasteiger partial charge in [0.15, 0.2) is 0 Å². The maximum absolute atomic E-state index is 11.7. The van der Waals surface area contributed by atoms with Crippen molar-refractivity contribution >= 4 is 5.97 Å². The summed E-state index contributed by atoms with van der Waals surface area (Å²) in [4.78, 5) is 14.2. The van der Waals surface area contributed by atoms with E-state index in [-0.39, 0.29) is 5.97 Å². The fourth-order valence-electron chi connectivity index (χ4n) is 3.77. The van der Waals surface area contributed by atoms with Crippen molar-refractivity contribution in [3.05, 3.63) is 0 Å². The van der Waals surface area contributed by atoms with Crippen molar-refractivity contribution in [1.29, 1.82) is 0 Å². The summed E-state index contributed by atoms with van der Waals surface area (Å²) >= 11 is 0. The predicted molar refractivity (Wildman–Crippen MR) is 128 cm³/mol. The molecule has 29 heavy (non-hydrogen) atoms. The van der Waals surface area contributed by atoms with Gasteiger partial charge in [-0.25, -0.2) is 0 Å². The standard InChI is InChI=1S/C26H53NO2/c1-4-6-8-10-15-19-23-27(3)24-20-16-13-11-12-14-18-22-26(28)29-25-21-17-9-7-5-2/h4-25H2,1-3H3. The van der Waals surface area contributed by atoms with Gasteiger partial charge in [-0.3, -0.25) is 4.79 Å². The molecule has 0 spiro atoms. The van der Waals surface area contributed by atoms with Crippen LogP contribution in [0.1, 0.15) is 136 Å². The average Bonchev–Trinajstić information content (AvgIpc) is 2.71. The van der Waals surface area contributed by atoms with Gasteiger partial charge in [0.1, 0.15) is 0 Å². The predicted octanol–water partition coefficient (Wildman–Crippen LogP) is 7.91. The molecule has 0 bridgehead atoms. The minimum Gasteiger partial charge on any atom is -0.466 e. The number of carbonyl (C=O) groups excluding carboxylic acids is 1. The molecule has 0 aromatic heterocycles. The highest BCUT2D eigenvalue weighted by Crippen LogP contribution is 2.10. The van der Waals surface area contributed by atoms with Crippen LogP contribution in [0.3, 0.4) is 0 Å². The van der Waals surface area contributed by atoms with Crippen molar-refractivity contribution in [2.24, 2.45) is 0 Å². The van der Waals surface area contributed by atoms with Crippen LogP contribution in [0.5, 0.6) is 0 Å². The molecule has 0 fully saturated rings. The molecule has 3 heteroatoms. The maximum atomic E-state index is 11.7. The molecule has 0 heterocycles. The summed E-state index contributed by atoms with van der Waals surface area (Å²) in [6.45, 7) is 7.63. The Morgan fingerprint density at radius 2 is 1.00 bits per heavy atom. The largest absolute Gasteiger partial charge is 0.466 e. The fraction of sp³-hybridized carbons (Fsp3) is 0.962. The summed E-state index contributed by atoms with van der Waals surface area (Å²) in [6, 6.07) is 0. The SMILES string of the molecule is CCCCCCCCN(C)CCCCCCCCCC(=O)OCCCCCCC. The van der Waals surface area contributed by atoms with Crippen LogP contribution in [0.2, 0.25) is 0 Å². The molecule has 0 aromatic rings. The van der Waals surface area contributed by atoms with E-state index in [0.717, 1.165) is 12.8 Å². The van der Waals surface area contributed by atoms with Gasteiger partial charge >= 0.3 is 5.97 Å². The zero-order valence-corrected chi connectivity index (χ0v) is 20.3. The second kappa shape index (κ2) is 23.7. The van der Waals surface area contributed by atoms with E-state index in [0.29, 0.717) is 13.0 Å². The van der Waals surface area contributed by atoms with E-state index in [2.05, 4.69) is 25.8 Å². The second-order valence-corrected chi connectivity index (χ2v) is 8.93. The third-order valence-electron chi connectivity index (χ3n) is 5.83. The number of nitrogens with zero attached hydrogens (tertiary/aromatic N) is 1. The Morgan fingerprint density at radius 1 is 0.586 bits per heavy atom. The number of ether oxygens (including phenoxy) is 1. The fourth-order valence-corrected chi connectivity index (χ4v) is 3.77. The molecule has 0 aliphatic carbocycles. The van der Waals surface area contributed by atoms with Crippen LogP contribution in [-0.4, -0.2) is 37.6 Å². The monoisotopic (exact) mass is 411 g/mol. The third kappa shape index (κ3) is 23.6. The van der Waals surface area contributed by atoms with Crippen molar-refractivity contribution in [3.8, 4) is 0 Å². The lowest BCUT2D eigenvalue weighted by Crippen LogP contribution is -2.20. The molecule has 0 unspecified atom stereocenters. The van der Waals surface area contributed by atoms with Gasteiger partial charge in [-0.15, -0.1) is 0 Å². The molecule has 0 atom stereocenters. The van der Waals surface area contributed by atoms with Gasteiger partial charge in [0.05, 0.1) is 6.61 Å². The molecule has 0 aliphatic rings. The molecule has 0 saturated heterocycles. The van der Waals surface area contributed by atoms with E-state index in [1.54, 1.807) is 0 Å². The molecular formula is C26H53NO2. The van der Waals surface area contributed by atoms with Crippen molar-refractivity contribution in [2.45, 2.75) is 136 Å². The maximum Gasteiger partial charge on any atom is 0.305 e. The lowest BCUT2D eigenvalue weighted by Gasteiger charge is -2.16. The minimum absolute atomic E-state index is 0.00823. The number of rotatable bonds is 23. The number of esters is 1. The zero-order valence-electron chi connectivity index (χ0n) is 20.3. The molecule has 0 radical (unpaired) electrons. The lowest BCUT2D eigenvalue weighted by atomic mass is 10.1. The average molecular weight is 412 g/mol. The van der Waals surface area contributed by atoms with E-state index in [1.807, 2.05) is 0 Å². The van der Waals surface area contributed by atoms with Crippen LogP contribution in [0, 0.1) is 0 Å². The highest BCUT2D eigenvalue weighted by Gasteiger charge is 2.03. The summed E-state index contributed by atoms with van der Waals surface area (Å²) in [7, 11) is 2.27. The van der Waals surface area contributed by atoms with Gasteiger partial charge in [0.2, 0.25) is 0 Å². The second-order valence-electron chi connectivity index (χ2n) is 8.93. The van der Waals surface area contributed by atoms with E-state index in [4.69, 9.17) is 4.74 Å². The van der Waals surface area contributed by atoms with Crippen molar-refractivity contribution in [1.82, 2.24) is 4.90 Å². The normalized spacial score (nSPS) is 11.3. The van der Waals surface area contributed by atoms with Gasteiger partial charge < -0.3 is 9.64 Å². The van der Waals surface area contributed by atoms with Crippen molar-refractivity contribution in [2.75, 3.05) is 26.7 Å². The van der Waals surface area contributed by atoms with E-state index >= 15 is 0 Å². The first-order chi connectivity index (χ1) is 14.2. The van der Waals surface area contributed by atoms with Gasteiger partial charge in [0, 0.05) is 6.42 Å². The molecule has 174 valence electrons. The molecule has 0 N–H and O–H groups in total. The Hall–Kier alpha value is -0.570. The smallest absolute Gasteiger partial charge is 0.305 e. The Morgan fingerprint density at radius 3 is 1.52 bits per heavy atom.